The fourth-order valence-corrected chi connectivity index (χ4v) is 5.25. The average molecular weight is 429 g/mol. The van der Waals surface area contributed by atoms with Crippen LogP contribution in [0.5, 0.6) is 0 Å². The first-order chi connectivity index (χ1) is 14.9. The number of fused-ring (bicyclic) bond motifs is 2. The molecular weight excluding hydrogens is 408 g/mol. The molecule has 2 heterocycles. The van der Waals surface area contributed by atoms with E-state index in [4.69, 9.17) is 10.7 Å². The summed E-state index contributed by atoms with van der Waals surface area (Å²) < 4.78 is 28.9. The van der Waals surface area contributed by atoms with Gasteiger partial charge in [0.15, 0.2) is 5.65 Å². The van der Waals surface area contributed by atoms with Gasteiger partial charge in [-0.3, -0.25) is 4.57 Å². The number of sulfone groups is 1. The van der Waals surface area contributed by atoms with Crippen LogP contribution < -0.4 is 5.73 Å². The van der Waals surface area contributed by atoms with Gasteiger partial charge >= 0.3 is 0 Å². The molecule has 0 atom stereocenters. The number of anilines is 1. The Morgan fingerprint density at radius 1 is 0.806 bits per heavy atom. The summed E-state index contributed by atoms with van der Waals surface area (Å²) in [7, 11) is -3.92. The van der Waals surface area contributed by atoms with E-state index >= 15 is 0 Å². The molecular formula is C24H20N4O2S. The van der Waals surface area contributed by atoms with Crippen LogP contribution in [-0.4, -0.2) is 23.0 Å². The van der Waals surface area contributed by atoms with Gasteiger partial charge in [-0.25, -0.2) is 18.4 Å². The van der Waals surface area contributed by atoms with Crippen molar-refractivity contribution < 1.29 is 8.42 Å². The maximum absolute atomic E-state index is 13.6. The highest BCUT2D eigenvalue weighted by atomic mass is 32.2. The van der Waals surface area contributed by atoms with Crippen molar-refractivity contribution in [2.45, 2.75) is 23.6 Å². The van der Waals surface area contributed by atoms with Gasteiger partial charge in [0.2, 0.25) is 9.84 Å². The van der Waals surface area contributed by atoms with Gasteiger partial charge < -0.3 is 5.73 Å². The Bertz CT molecular complexity index is 1570. The summed E-state index contributed by atoms with van der Waals surface area (Å²) in [5, 5.41) is 0. The molecule has 5 aromatic rings. The molecule has 0 unspecified atom stereocenters. The highest BCUT2D eigenvalue weighted by Gasteiger charge is 2.30. The van der Waals surface area contributed by atoms with Crippen LogP contribution in [0, 0.1) is 13.8 Å². The van der Waals surface area contributed by atoms with Gasteiger partial charge in [-0.1, -0.05) is 36.4 Å². The quantitative estimate of drug-likeness (QED) is 0.453. The van der Waals surface area contributed by atoms with E-state index in [0.29, 0.717) is 16.7 Å². The minimum absolute atomic E-state index is 0.0230. The minimum Gasteiger partial charge on any atom is -0.384 e. The Morgan fingerprint density at radius 2 is 1.45 bits per heavy atom. The third-order valence-electron chi connectivity index (χ3n) is 5.52. The van der Waals surface area contributed by atoms with Crippen molar-refractivity contribution in [2.24, 2.45) is 0 Å². The van der Waals surface area contributed by atoms with Gasteiger partial charge in [-0.15, -0.1) is 0 Å². The first-order valence-electron chi connectivity index (χ1n) is 9.82. The van der Waals surface area contributed by atoms with E-state index < -0.39 is 9.84 Å². The Kier molecular flexibility index (Phi) is 4.30. The Morgan fingerprint density at radius 3 is 2.13 bits per heavy atom. The molecule has 3 aromatic carbocycles. The fourth-order valence-electron chi connectivity index (χ4n) is 3.74. The highest BCUT2D eigenvalue weighted by Crippen LogP contribution is 2.37. The number of aryl methyl sites for hydroxylation is 2. The molecule has 2 N–H and O–H groups in total. The van der Waals surface area contributed by atoms with Crippen LogP contribution in [0.25, 0.3) is 27.9 Å². The molecule has 6 nitrogen and oxygen atoms in total. The molecule has 0 spiro atoms. The molecule has 0 saturated carbocycles. The maximum Gasteiger partial charge on any atom is 0.212 e. The number of nitrogens with two attached hydrogens (primary N) is 1. The van der Waals surface area contributed by atoms with Crippen molar-refractivity contribution in [1.82, 2.24) is 14.5 Å². The lowest BCUT2D eigenvalue weighted by Gasteiger charge is -2.10. The van der Waals surface area contributed by atoms with Crippen LogP contribution in [0.1, 0.15) is 11.1 Å². The lowest BCUT2D eigenvalue weighted by Crippen LogP contribution is -2.07. The second-order valence-corrected chi connectivity index (χ2v) is 9.41. The minimum atomic E-state index is -3.92. The summed E-state index contributed by atoms with van der Waals surface area (Å²) in [6, 6.07) is 21.5. The molecule has 0 bridgehead atoms. The molecule has 154 valence electrons. The number of benzene rings is 3. The highest BCUT2D eigenvalue weighted by molar-refractivity contribution is 7.92. The van der Waals surface area contributed by atoms with Gasteiger partial charge in [-0.05, 0) is 61.4 Å². The first-order valence-corrected chi connectivity index (χ1v) is 11.3. The molecule has 7 heteroatoms. The third-order valence-corrected chi connectivity index (χ3v) is 7.36. The number of nitrogens with zero attached hydrogens (tertiary/aromatic N) is 3. The molecule has 0 fully saturated rings. The fraction of sp³-hybridized carbons (Fsp3) is 0.0833. The number of rotatable bonds is 3. The molecule has 2 aromatic heterocycles. The van der Waals surface area contributed by atoms with Gasteiger partial charge in [-0.2, -0.15) is 0 Å². The predicted molar refractivity (Wildman–Crippen MR) is 122 cm³/mol. The van der Waals surface area contributed by atoms with E-state index in [1.165, 1.54) is 0 Å². The maximum atomic E-state index is 13.6. The van der Waals surface area contributed by atoms with Gasteiger partial charge in [0.25, 0.3) is 0 Å². The smallest absolute Gasteiger partial charge is 0.212 e. The predicted octanol–water partition coefficient (Wildman–Crippen LogP) is 4.61. The van der Waals surface area contributed by atoms with E-state index in [1.54, 1.807) is 34.9 Å². The molecule has 0 radical (unpaired) electrons. The van der Waals surface area contributed by atoms with Crippen molar-refractivity contribution in [2.75, 3.05) is 5.73 Å². The van der Waals surface area contributed by atoms with Crippen LogP contribution in [0.4, 0.5) is 5.82 Å². The van der Waals surface area contributed by atoms with Gasteiger partial charge in [0.1, 0.15) is 16.2 Å². The summed E-state index contributed by atoms with van der Waals surface area (Å²) in [6.45, 7) is 4.03. The van der Waals surface area contributed by atoms with Crippen LogP contribution in [-0.2, 0) is 9.84 Å². The van der Waals surface area contributed by atoms with Crippen molar-refractivity contribution in [1.29, 1.82) is 0 Å². The summed E-state index contributed by atoms with van der Waals surface area (Å²) in [5.74, 6) is 0.0948. The Balaban J connectivity index is 1.93. The van der Waals surface area contributed by atoms with Gasteiger partial charge in [0.05, 0.1) is 15.9 Å². The topological polar surface area (TPSA) is 90.9 Å². The van der Waals surface area contributed by atoms with Crippen molar-refractivity contribution in [3.05, 3.63) is 83.9 Å². The number of para-hydroxylation sites is 2. The number of nitrogen functional groups attached to an aromatic ring is 1. The van der Waals surface area contributed by atoms with Crippen molar-refractivity contribution in [3.63, 3.8) is 0 Å². The van der Waals surface area contributed by atoms with Crippen LogP contribution in [0.3, 0.4) is 0 Å². The average Bonchev–Trinajstić information content (AvgIpc) is 3.06. The molecule has 31 heavy (non-hydrogen) atoms. The number of hydrogen-bond donors (Lipinski definition) is 1. The summed E-state index contributed by atoms with van der Waals surface area (Å²) in [4.78, 5) is 9.56. The first kappa shape index (κ1) is 19.3. The third kappa shape index (κ3) is 2.97. The second kappa shape index (κ2) is 6.92. The van der Waals surface area contributed by atoms with E-state index in [0.717, 1.165) is 16.8 Å². The van der Waals surface area contributed by atoms with E-state index in [9.17, 15) is 8.42 Å². The molecule has 0 amide bonds. The Labute approximate surface area is 179 Å². The normalized spacial score (nSPS) is 11.9. The largest absolute Gasteiger partial charge is 0.384 e. The monoisotopic (exact) mass is 428 g/mol. The zero-order valence-electron chi connectivity index (χ0n) is 17.1. The van der Waals surface area contributed by atoms with E-state index in [1.807, 2.05) is 56.3 Å². The van der Waals surface area contributed by atoms with Crippen LogP contribution >= 0.6 is 0 Å². The molecule has 0 aliphatic carbocycles. The lowest BCUT2D eigenvalue weighted by molar-refractivity contribution is 0.597. The van der Waals surface area contributed by atoms with Crippen molar-refractivity contribution >= 4 is 37.9 Å². The zero-order chi connectivity index (χ0) is 21.8. The summed E-state index contributed by atoms with van der Waals surface area (Å²) >= 11 is 0. The molecule has 5 rings (SSSR count). The summed E-state index contributed by atoms with van der Waals surface area (Å²) in [6.07, 6.45) is 0. The number of hydrogen-bond acceptors (Lipinski definition) is 5. The second-order valence-electron chi connectivity index (χ2n) is 7.52. The Hall–Kier alpha value is -3.71. The zero-order valence-corrected chi connectivity index (χ0v) is 17.9. The van der Waals surface area contributed by atoms with Crippen molar-refractivity contribution in [3.8, 4) is 5.69 Å². The van der Waals surface area contributed by atoms with E-state index in [-0.39, 0.29) is 21.1 Å². The van der Waals surface area contributed by atoms with Crippen LogP contribution in [0.15, 0.2) is 82.6 Å². The lowest BCUT2D eigenvalue weighted by atomic mass is 10.1. The molecule has 0 aliphatic rings. The summed E-state index contributed by atoms with van der Waals surface area (Å²) in [5.41, 5.74) is 11.4. The van der Waals surface area contributed by atoms with E-state index in [2.05, 4.69) is 4.98 Å². The SMILES string of the molecule is Cc1ccc(-n2c(N)c(S(=O)(=O)c3ccccc3)c3nc4ccccc4nc32)cc1C. The van der Waals surface area contributed by atoms with Gasteiger partial charge in [0, 0.05) is 5.69 Å². The molecule has 0 aliphatic heterocycles. The standard InChI is InChI=1S/C24H20N4O2S/c1-15-12-13-17(14-16(15)2)28-23(25)22(31(29,30)18-8-4-3-5-9-18)21-24(28)27-20-11-7-6-10-19(20)26-21/h3-14H,25H2,1-2H3. The van der Waals surface area contributed by atoms with Crippen LogP contribution in [0.2, 0.25) is 0 Å². The molecule has 0 saturated heterocycles. The number of aromatic nitrogens is 3.